The van der Waals surface area contributed by atoms with Crippen molar-refractivity contribution in [3.63, 3.8) is 0 Å². The standard InChI is InChI=1S/C15H15F3O2/c1-2-20-14(19)7-6-11-9-13(11)10-4-3-5-12(8-10)15(16,17)18/h3-8,11,13H,2,9H2,1H3/b7-6+/t11-,13-/m1/s1. The zero-order valence-corrected chi connectivity index (χ0v) is 11.0. The molecule has 1 aromatic rings. The average Bonchev–Trinajstić information content (AvgIpc) is 3.15. The van der Waals surface area contributed by atoms with Crippen LogP contribution in [0.5, 0.6) is 0 Å². The lowest BCUT2D eigenvalue weighted by atomic mass is 10.1. The van der Waals surface area contributed by atoms with Crippen molar-refractivity contribution >= 4 is 5.97 Å². The van der Waals surface area contributed by atoms with E-state index >= 15 is 0 Å². The van der Waals surface area contributed by atoms with Gasteiger partial charge in [0.1, 0.15) is 0 Å². The minimum Gasteiger partial charge on any atom is -0.463 e. The minimum atomic E-state index is -4.32. The summed E-state index contributed by atoms with van der Waals surface area (Å²) in [6.45, 7) is 2.03. The smallest absolute Gasteiger partial charge is 0.416 e. The monoisotopic (exact) mass is 284 g/mol. The van der Waals surface area contributed by atoms with Gasteiger partial charge in [-0.15, -0.1) is 0 Å². The Hall–Kier alpha value is -1.78. The summed E-state index contributed by atoms with van der Waals surface area (Å²) in [5.41, 5.74) is 0.0355. The van der Waals surface area contributed by atoms with Gasteiger partial charge in [0.25, 0.3) is 0 Å². The van der Waals surface area contributed by atoms with Gasteiger partial charge in [-0.3, -0.25) is 0 Å². The zero-order valence-electron chi connectivity index (χ0n) is 11.0. The molecular formula is C15H15F3O2. The Balaban J connectivity index is 2.00. The molecule has 0 unspecified atom stereocenters. The quantitative estimate of drug-likeness (QED) is 0.618. The molecule has 0 radical (unpaired) electrons. The molecule has 0 aromatic heterocycles. The molecule has 0 amide bonds. The number of ether oxygens (including phenoxy) is 1. The fraction of sp³-hybridized carbons (Fsp3) is 0.400. The fourth-order valence-corrected chi connectivity index (χ4v) is 2.15. The minimum absolute atomic E-state index is 0.0583. The molecule has 2 atom stereocenters. The summed E-state index contributed by atoms with van der Waals surface area (Å²) in [6, 6.07) is 5.36. The maximum Gasteiger partial charge on any atom is 0.416 e. The van der Waals surface area contributed by atoms with Gasteiger partial charge in [-0.25, -0.2) is 4.79 Å². The van der Waals surface area contributed by atoms with E-state index in [1.54, 1.807) is 19.1 Å². The first-order valence-electron chi connectivity index (χ1n) is 6.44. The third kappa shape index (κ3) is 3.62. The van der Waals surface area contributed by atoms with Crippen LogP contribution in [0, 0.1) is 5.92 Å². The topological polar surface area (TPSA) is 26.3 Å². The predicted octanol–water partition coefficient (Wildman–Crippen LogP) is 3.93. The van der Waals surface area contributed by atoms with E-state index in [1.807, 2.05) is 0 Å². The first kappa shape index (κ1) is 14.6. The highest BCUT2D eigenvalue weighted by Gasteiger charge is 2.38. The lowest BCUT2D eigenvalue weighted by Gasteiger charge is -2.08. The van der Waals surface area contributed by atoms with Gasteiger partial charge in [0.15, 0.2) is 0 Å². The summed E-state index contributed by atoms with van der Waals surface area (Å²) >= 11 is 0. The first-order chi connectivity index (χ1) is 9.41. The van der Waals surface area contributed by atoms with Crippen molar-refractivity contribution in [2.24, 2.45) is 5.92 Å². The van der Waals surface area contributed by atoms with Gasteiger partial charge in [0.05, 0.1) is 12.2 Å². The number of allylic oxidation sites excluding steroid dienone is 1. The molecule has 0 saturated heterocycles. The van der Waals surface area contributed by atoms with Crippen LogP contribution < -0.4 is 0 Å². The van der Waals surface area contributed by atoms with Crippen molar-refractivity contribution in [2.45, 2.75) is 25.4 Å². The molecule has 1 aliphatic carbocycles. The molecule has 0 heterocycles. The molecule has 5 heteroatoms. The van der Waals surface area contributed by atoms with Crippen molar-refractivity contribution in [1.82, 2.24) is 0 Å². The molecule has 0 spiro atoms. The second-order valence-corrected chi connectivity index (χ2v) is 4.74. The van der Waals surface area contributed by atoms with Crippen molar-refractivity contribution in [2.75, 3.05) is 6.61 Å². The number of alkyl halides is 3. The van der Waals surface area contributed by atoms with Crippen molar-refractivity contribution < 1.29 is 22.7 Å². The van der Waals surface area contributed by atoms with E-state index in [4.69, 9.17) is 4.74 Å². The van der Waals surface area contributed by atoms with Crippen LogP contribution in [-0.4, -0.2) is 12.6 Å². The Morgan fingerprint density at radius 3 is 2.85 bits per heavy atom. The molecule has 20 heavy (non-hydrogen) atoms. The van der Waals surface area contributed by atoms with E-state index in [-0.39, 0.29) is 11.8 Å². The number of esters is 1. The Bertz CT molecular complexity index is 520. The highest BCUT2D eigenvalue weighted by Crippen LogP contribution is 2.49. The van der Waals surface area contributed by atoms with Crippen LogP contribution in [0.3, 0.4) is 0 Å². The lowest BCUT2D eigenvalue weighted by molar-refractivity contribution is -0.138. The Morgan fingerprint density at radius 1 is 1.45 bits per heavy atom. The van der Waals surface area contributed by atoms with E-state index in [1.165, 1.54) is 18.2 Å². The number of hydrogen-bond acceptors (Lipinski definition) is 2. The third-order valence-electron chi connectivity index (χ3n) is 3.25. The Morgan fingerprint density at radius 2 is 2.20 bits per heavy atom. The van der Waals surface area contributed by atoms with Gasteiger partial charge in [0, 0.05) is 6.08 Å². The molecule has 1 aromatic carbocycles. The SMILES string of the molecule is CCOC(=O)/C=C/[C@@H]1C[C@@H]1c1cccc(C(F)(F)F)c1. The van der Waals surface area contributed by atoms with Crippen LogP contribution in [0.2, 0.25) is 0 Å². The normalized spacial score (nSPS) is 22.0. The fourth-order valence-electron chi connectivity index (χ4n) is 2.15. The van der Waals surface area contributed by atoms with Crippen LogP contribution in [-0.2, 0) is 15.7 Å². The maximum absolute atomic E-state index is 12.6. The van der Waals surface area contributed by atoms with Gasteiger partial charge >= 0.3 is 12.1 Å². The molecule has 1 fully saturated rings. The number of hydrogen-bond donors (Lipinski definition) is 0. The first-order valence-corrected chi connectivity index (χ1v) is 6.44. The van der Waals surface area contributed by atoms with Crippen molar-refractivity contribution in [3.8, 4) is 0 Å². The number of carbonyl (C=O) groups is 1. The Labute approximate surface area is 115 Å². The molecule has 108 valence electrons. The van der Waals surface area contributed by atoms with E-state index in [2.05, 4.69) is 0 Å². The van der Waals surface area contributed by atoms with E-state index < -0.39 is 17.7 Å². The molecule has 1 saturated carbocycles. The highest BCUT2D eigenvalue weighted by atomic mass is 19.4. The van der Waals surface area contributed by atoms with Crippen LogP contribution >= 0.6 is 0 Å². The third-order valence-corrected chi connectivity index (χ3v) is 3.25. The summed E-state index contributed by atoms with van der Waals surface area (Å²) in [5, 5.41) is 0. The number of carbonyl (C=O) groups excluding carboxylic acids is 1. The average molecular weight is 284 g/mol. The molecule has 1 aliphatic rings. The number of rotatable bonds is 4. The summed E-state index contributed by atoms with van der Waals surface area (Å²) in [7, 11) is 0. The lowest BCUT2D eigenvalue weighted by Crippen LogP contribution is -2.05. The highest BCUT2D eigenvalue weighted by molar-refractivity contribution is 5.82. The number of benzene rings is 1. The molecule has 2 nitrogen and oxygen atoms in total. The summed E-state index contributed by atoms with van der Waals surface area (Å²) in [6.07, 6.45) is -0.497. The van der Waals surface area contributed by atoms with E-state index in [0.29, 0.717) is 12.2 Å². The van der Waals surface area contributed by atoms with Crippen LogP contribution in [0.4, 0.5) is 13.2 Å². The van der Waals surface area contributed by atoms with Crippen LogP contribution in [0.15, 0.2) is 36.4 Å². The summed E-state index contributed by atoms with van der Waals surface area (Å²) < 4.78 is 42.6. The van der Waals surface area contributed by atoms with Gasteiger partial charge in [-0.1, -0.05) is 24.3 Å². The van der Waals surface area contributed by atoms with Gasteiger partial charge in [-0.05, 0) is 36.8 Å². The maximum atomic E-state index is 12.6. The van der Waals surface area contributed by atoms with Crippen LogP contribution in [0.25, 0.3) is 0 Å². The summed E-state index contributed by atoms with van der Waals surface area (Å²) in [4.78, 5) is 11.1. The predicted molar refractivity (Wildman–Crippen MR) is 68.1 cm³/mol. The molecule has 2 rings (SSSR count). The van der Waals surface area contributed by atoms with Crippen molar-refractivity contribution in [1.29, 1.82) is 0 Å². The molecule has 0 aliphatic heterocycles. The van der Waals surface area contributed by atoms with Gasteiger partial charge < -0.3 is 4.74 Å². The largest absolute Gasteiger partial charge is 0.463 e. The summed E-state index contributed by atoms with van der Waals surface area (Å²) in [5.74, 6) is -0.243. The van der Waals surface area contributed by atoms with E-state index in [9.17, 15) is 18.0 Å². The second-order valence-electron chi connectivity index (χ2n) is 4.74. The number of halogens is 3. The van der Waals surface area contributed by atoms with Crippen LogP contribution in [0.1, 0.15) is 30.4 Å². The molecule has 0 bridgehead atoms. The Kier molecular flexibility index (Phi) is 4.16. The zero-order chi connectivity index (χ0) is 14.8. The van der Waals surface area contributed by atoms with Gasteiger partial charge in [-0.2, -0.15) is 13.2 Å². The van der Waals surface area contributed by atoms with Crippen molar-refractivity contribution in [3.05, 3.63) is 47.5 Å². The van der Waals surface area contributed by atoms with E-state index in [0.717, 1.165) is 12.5 Å². The second kappa shape index (κ2) is 5.69. The molecular weight excluding hydrogens is 269 g/mol. The molecule has 0 N–H and O–H groups in total. The van der Waals surface area contributed by atoms with Gasteiger partial charge in [0.2, 0.25) is 0 Å².